The second kappa shape index (κ2) is 5.07. The van der Waals surface area contributed by atoms with Gasteiger partial charge in [-0.2, -0.15) is 17.0 Å². The van der Waals surface area contributed by atoms with E-state index in [1.54, 1.807) is 11.4 Å². The zero-order valence-electron chi connectivity index (χ0n) is 11.3. The van der Waals surface area contributed by atoms with Crippen molar-refractivity contribution in [2.24, 2.45) is 0 Å². The number of hydrogen-bond acceptors (Lipinski definition) is 3. The molecule has 6 heteroatoms. The van der Waals surface area contributed by atoms with E-state index in [9.17, 15) is 13.5 Å². The van der Waals surface area contributed by atoms with Crippen molar-refractivity contribution in [2.75, 3.05) is 20.1 Å². The highest BCUT2D eigenvalue weighted by molar-refractivity contribution is 7.86. The largest absolute Gasteiger partial charge is 0.389 e. The monoisotopic (exact) mass is 276 g/mol. The van der Waals surface area contributed by atoms with Crippen molar-refractivity contribution < 1.29 is 13.5 Å². The Morgan fingerprint density at radius 2 is 2.00 bits per heavy atom. The SMILES string of the molecule is CC1CCCCN1S(=O)(=O)N(C)CC1(O)CCC1. The van der Waals surface area contributed by atoms with E-state index < -0.39 is 15.8 Å². The number of nitrogens with zero attached hydrogens (tertiary/aromatic N) is 2. The maximum absolute atomic E-state index is 12.5. The van der Waals surface area contributed by atoms with E-state index in [1.807, 2.05) is 6.92 Å². The average molecular weight is 276 g/mol. The second-order valence-electron chi connectivity index (χ2n) is 5.80. The van der Waals surface area contributed by atoms with Gasteiger partial charge >= 0.3 is 0 Å². The third-order valence-corrected chi connectivity index (χ3v) is 6.29. The van der Waals surface area contributed by atoms with Crippen LogP contribution in [0, 0.1) is 0 Å². The Hall–Kier alpha value is -0.170. The molecule has 1 aliphatic carbocycles. The molecule has 0 bridgehead atoms. The van der Waals surface area contributed by atoms with Gasteiger partial charge in [-0.15, -0.1) is 0 Å². The summed E-state index contributed by atoms with van der Waals surface area (Å²) in [4.78, 5) is 0. The van der Waals surface area contributed by atoms with E-state index >= 15 is 0 Å². The minimum absolute atomic E-state index is 0.0715. The van der Waals surface area contributed by atoms with Crippen LogP contribution in [0.1, 0.15) is 45.4 Å². The highest BCUT2D eigenvalue weighted by atomic mass is 32.2. The van der Waals surface area contributed by atoms with Gasteiger partial charge in [-0.05, 0) is 39.0 Å². The highest BCUT2D eigenvalue weighted by Gasteiger charge is 2.40. The number of likely N-dealkylation sites (N-methyl/N-ethyl adjacent to an activating group) is 1. The molecule has 0 amide bonds. The van der Waals surface area contributed by atoms with Gasteiger partial charge in [0.25, 0.3) is 10.2 Å². The Morgan fingerprint density at radius 1 is 1.33 bits per heavy atom. The van der Waals surface area contributed by atoms with Gasteiger partial charge in [0.1, 0.15) is 0 Å². The predicted molar refractivity (Wildman–Crippen MR) is 70.4 cm³/mol. The van der Waals surface area contributed by atoms with Gasteiger partial charge in [-0.1, -0.05) is 6.42 Å². The van der Waals surface area contributed by atoms with Crippen LogP contribution in [-0.2, 0) is 10.2 Å². The zero-order chi connectivity index (χ0) is 13.4. The molecule has 1 heterocycles. The third-order valence-electron chi connectivity index (χ3n) is 4.23. The molecule has 1 unspecified atom stereocenters. The summed E-state index contributed by atoms with van der Waals surface area (Å²) in [6.45, 7) is 2.79. The quantitative estimate of drug-likeness (QED) is 0.831. The van der Waals surface area contributed by atoms with Crippen molar-refractivity contribution >= 4 is 10.2 Å². The summed E-state index contributed by atoms with van der Waals surface area (Å²) >= 11 is 0. The first-order valence-corrected chi connectivity index (χ1v) is 8.20. The fourth-order valence-corrected chi connectivity index (χ4v) is 4.51. The number of aliphatic hydroxyl groups is 1. The molecule has 1 atom stereocenters. The maximum atomic E-state index is 12.5. The Bertz CT molecular complexity index is 392. The van der Waals surface area contributed by atoms with E-state index in [1.165, 1.54) is 4.31 Å². The third kappa shape index (κ3) is 2.71. The summed E-state index contributed by atoms with van der Waals surface area (Å²) < 4.78 is 27.8. The zero-order valence-corrected chi connectivity index (χ0v) is 12.1. The molecule has 2 rings (SSSR count). The summed E-state index contributed by atoms with van der Waals surface area (Å²) in [5.74, 6) is 0. The molecule has 0 spiro atoms. The number of piperidine rings is 1. The summed E-state index contributed by atoms with van der Waals surface area (Å²) in [7, 11) is -1.84. The minimum Gasteiger partial charge on any atom is -0.389 e. The van der Waals surface area contributed by atoms with Crippen molar-refractivity contribution in [1.29, 1.82) is 0 Å². The van der Waals surface area contributed by atoms with E-state index in [-0.39, 0.29) is 12.6 Å². The van der Waals surface area contributed by atoms with Gasteiger partial charge < -0.3 is 5.11 Å². The van der Waals surface area contributed by atoms with Crippen molar-refractivity contribution in [1.82, 2.24) is 8.61 Å². The number of hydrogen-bond donors (Lipinski definition) is 1. The van der Waals surface area contributed by atoms with Crippen molar-refractivity contribution in [3.63, 3.8) is 0 Å². The van der Waals surface area contributed by atoms with Crippen LogP contribution >= 0.6 is 0 Å². The first kappa shape index (κ1) is 14.2. The van der Waals surface area contributed by atoms with Crippen molar-refractivity contribution in [3.8, 4) is 0 Å². The smallest absolute Gasteiger partial charge is 0.282 e. The van der Waals surface area contributed by atoms with Crippen LogP contribution in [0.15, 0.2) is 0 Å². The van der Waals surface area contributed by atoms with E-state index in [0.717, 1.165) is 25.7 Å². The molecule has 5 nitrogen and oxygen atoms in total. The normalized spacial score (nSPS) is 29.2. The molecule has 1 N–H and O–H groups in total. The average Bonchev–Trinajstić information content (AvgIpc) is 2.27. The molecule has 2 aliphatic rings. The molecular formula is C12H24N2O3S. The lowest BCUT2D eigenvalue weighted by Gasteiger charge is -2.41. The van der Waals surface area contributed by atoms with Crippen LogP contribution in [0.2, 0.25) is 0 Å². The van der Waals surface area contributed by atoms with Crippen LogP contribution < -0.4 is 0 Å². The highest BCUT2D eigenvalue weighted by Crippen LogP contribution is 2.33. The van der Waals surface area contributed by atoms with Gasteiger partial charge in [0.15, 0.2) is 0 Å². The van der Waals surface area contributed by atoms with Gasteiger partial charge in [0.05, 0.1) is 5.60 Å². The van der Waals surface area contributed by atoms with Gasteiger partial charge in [-0.25, -0.2) is 0 Å². The molecule has 18 heavy (non-hydrogen) atoms. The van der Waals surface area contributed by atoms with Crippen LogP contribution in [0.25, 0.3) is 0 Å². The lowest BCUT2D eigenvalue weighted by atomic mass is 9.80. The molecule has 2 fully saturated rings. The van der Waals surface area contributed by atoms with Crippen LogP contribution in [-0.4, -0.2) is 53.9 Å². The lowest BCUT2D eigenvalue weighted by molar-refractivity contribution is -0.0432. The van der Waals surface area contributed by atoms with Crippen molar-refractivity contribution in [2.45, 2.75) is 57.1 Å². The fourth-order valence-electron chi connectivity index (χ4n) is 2.83. The minimum atomic E-state index is -3.41. The second-order valence-corrected chi connectivity index (χ2v) is 7.79. The molecule has 1 aliphatic heterocycles. The van der Waals surface area contributed by atoms with E-state index in [4.69, 9.17) is 0 Å². The molecule has 0 aromatic heterocycles. The lowest BCUT2D eigenvalue weighted by Crippen LogP contribution is -2.54. The van der Waals surface area contributed by atoms with E-state index in [0.29, 0.717) is 19.4 Å². The molecule has 0 aromatic rings. The summed E-state index contributed by atoms with van der Waals surface area (Å²) in [6, 6.07) is 0.0715. The Labute approximate surface area is 110 Å². The molecule has 1 saturated heterocycles. The molecule has 1 saturated carbocycles. The first-order chi connectivity index (χ1) is 8.35. The summed E-state index contributed by atoms with van der Waals surface area (Å²) in [6.07, 6.45) is 5.37. The molecule has 0 radical (unpaired) electrons. The molecule has 0 aromatic carbocycles. The maximum Gasteiger partial charge on any atom is 0.282 e. The summed E-state index contributed by atoms with van der Waals surface area (Å²) in [5, 5.41) is 10.1. The Balaban J connectivity index is 2.04. The molecular weight excluding hydrogens is 252 g/mol. The van der Waals surface area contributed by atoms with E-state index in [2.05, 4.69) is 0 Å². The first-order valence-electron chi connectivity index (χ1n) is 6.81. The van der Waals surface area contributed by atoms with Crippen molar-refractivity contribution in [3.05, 3.63) is 0 Å². The summed E-state index contributed by atoms with van der Waals surface area (Å²) in [5.41, 5.74) is -0.791. The topological polar surface area (TPSA) is 60.9 Å². The van der Waals surface area contributed by atoms with Gasteiger partial charge in [-0.3, -0.25) is 0 Å². The number of rotatable bonds is 4. The van der Waals surface area contributed by atoms with Crippen LogP contribution in [0.3, 0.4) is 0 Å². The van der Waals surface area contributed by atoms with Crippen LogP contribution in [0.4, 0.5) is 0 Å². The fraction of sp³-hybridized carbons (Fsp3) is 1.00. The molecule has 106 valence electrons. The van der Waals surface area contributed by atoms with Gasteiger partial charge in [0.2, 0.25) is 0 Å². The Kier molecular flexibility index (Phi) is 4.02. The van der Waals surface area contributed by atoms with Gasteiger partial charge in [0, 0.05) is 26.2 Å². The Morgan fingerprint density at radius 3 is 2.50 bits per heavy atom. The van der Waals surface area contributed by atoms with Crippen LogP contribution in [0.5, 0.6) is 0 Å². The standard InChI is InChI=1S/C12H24N2O3S/c1-11-6-3-4-9-14(11)18(16,17)13(2)10-12(15)7-5-8-12/h11,15H,3-10H2,1-2H3. The predicted octanol–water partition coefficient (Wildman–Crippen LogP) is 0.952.